The highest BCUT2D eigenvalue weighted by atomic mass is 127. The van der Waals surface area contributed by atoms with Gasteiger partial charge in [0.25, 0.3) is 0 Å². The zero-order valence-electron chi connectivity index (χ0n) is 14.4. The normalized spacial score (nSPS) is 13.9. The van der Waals surface area contributed by atoms with Crippen LogP contribution in [0.2, 0.25) is 0 Å². The fourth-order valence-electron chi connectivity index (χ4n) is 2.25. The second-order valence-corrected chi connectivity index (χ2v) is 6.97. The van der Waals surface area contributed by atoms with Crippen LogP contribution in [0.5, 0.6) is 5.88 Å². The van der Waals surface area contributed by atoms with Gasteiger partial charge >= 0.3 is 0 Å². The van der Waals surface area contributed by atoms with E-state index < -0.39 is 0 Å². The summed E-state index contributed by atoms with van der Waals surface area (Å²) in [4.78, 5) is 9.98. The molecule has 0 atom stereocenters. The lowest BCUT2D eigenvalue weighted by Gasteiger charge is -2.11. The third-order valence-electron chi connectivity index (χ3n) is 3.89. The van der Waals surface area contributed by atoms with Gasteiger partial charge < -0.3 is 15.4 Å². The van der Waals surface area contributed by atoms with Crippen LogP contribution in [0.4, 0.5) is 0 Å². The summed E-state index contributed by atoms with van der Waals surface area (Å²) >= 11 is 1.78. The Balaban J connectivity index is 0.00000225. The van der Waals surface area contributed by atoms with E-state index >= 15 is 0 Å². The third kappa shape index (κ3) is 7.19. The SMILES string of the molecule is CN=C(NCCc1cccs1)NCc1ccc(OCC2CC2)nc1.I. The van der Waals surface area contributed by atoms with Crippen molar-refractivity contribution in [2.45, 2.75) is 25.8 Å². The molecule has 7 heteroatoms. The van der Waals surface area contributed by atoms with Crippen molar-refractivity contribution < 1.29 is 4.74 Å². The largest absolute Gasteiger partial charge is 0.477 e. The number of nitrogens with zero attached hydrogens (tertiary/aromatic N) is 2. The summed E-state index contributed by atoms with van der Waals surface area (Å²) < 4.78 is 5.65. The van der Waals surface area contributed by atoms with Gasteiger partial charge in [-0.1, -0.05) is 12.1 Å². The molecular formula is C18H25IN4OS. The highest BCUT2D eigenvalue weighted by Crippen LogP contribution is 2.29. The molecule has 2 aromatic heterocycles. The van der Waals surface area contributed by atoms with Gasteiger partial charge in [0.15, 0.2) is 5.96 Å². The molecule has 0 saturated heterocycles. The van der Waals surface area contributed by atoms with E-state index in [4.69, 9.17) is 4.74 Å². The minimum Gasteiger partial charge on any atom is -0.477 e. The maximum absolute atomic E-state index is 5.65. The van der Waals surface area contributed by atoms with Crippen molar-refractivity contribution in [1.82, 2.24) is 15.6 Å². The summed E-state index contributed by atoms with van der Waals surface area (Å²) in [7, 11) is 1.79. The van der Waals surface area contributed by atoms with Crippen LogP contribution in [0.3, 0.4) is 0 Å². The molecule has 0 bridgehead atoms. The minimum absolute atomic E-state index is 0. The fraction of sp³-hybridized carbons (Fsp3) is 0.444. The first-order valence-electron chi connectivity index (χ1n) is 8.38. The smallest absolute Gasteiger partial charge is 0.213 e. The second-order valence-electron chi connectivity index (χ2n) is 5.94. The lowest BCUT2D eigenvalue weighted by Crippen LogP contribution is -2.37. The standard InChI is InChI=1S/C18H24N4OS.HI/c1-19-18(20-9-8-16-3-2-10-24-16)22-12-15-6-7-17(21-11-15)23-13-14-4-5-14;/h2-3,6-7,10-11,14H,4-5,8-9,12-13H2,1H3,(H2,19,20,22);1H. The van der Waals surface area contributed by atoms with Crippen LogP contribution in [-0.2, 0) is 13.0 Å². The van der Waals surface area contributed by atoms with E-state index in [2.05, 4.69) is 38.1 Å². The number of aliphatic imine (C=N–C) groups is 1. The Labute approximate surface area is 170 Å². The van der Waals surface area contributed by atoms with Crippen molar-refractivity contribution in [3.63, 3.8) is 0 Å². The molecule has 25 heavy (non-hydrogen) atoms. The average Bonchev–Trinajstić information content (AvgIpc) is 3.31. The van der Waals surface area contributed by atoms with Gasteiger partial charge in [-0.2, -0.15) is 0 Å². The van der Waals surface area contributed by atoms with Crippen molar-refractivity contribution in [1.29, 1.82) is 0 Å². The van der Waals surface area contributed by atoms with E-state index in [1.165, 1.54) is 17.7 Å². The van der Waals surface area contributed by atoms with Crippen LogP contribution in [0.25, 0.3) is 0 Å². The Kier molecular flexibility index (Phi) is 8.47. The highest BCUT2D eigenvalue weighted by molar-refractivity contribution is 14.0. The third-order valence-corrected chi connectivity index (χ3v) is 4.83. The first kappa shape index (κ1) is 20.0. The molecule has 0 unspecified atom stereocenters. The lowest BCUT2D eigenvalue weighted by atomic mass is 10.3. The van der Waals surface area contributed by atoms with Crippen LogP contribution in [-0.4, -0.2) is 31.1 Å². The van der Waals surface area contributed by atoms with Crippen molar-refractivity contribution in [2.75, 3.05) is 20.2 Å². The molecule has 1 saturated carbocycles. The summed E-state index contributed by atoms with van der Waals surface area (Å²) in [6.45, 7) is 2.35. The minimum atomic E-state index is 0. The highest BCUT2D eigenvalue weighted by Gasteiger charge is 2.21. The number of halogens is 1. The van der Waals surface area contributed by atoms with Gasteiger partial charge in [0, 0.05) is 37.3 Å². The van der Waals surface area contributed by atoms with E-state index in [0.717, 1.165) is 37.0 Å². The molecule has 2 N–H and O–H groups in total. The predicted octanol–water partition coefficient (Wildman–Crippen LogP) is 3.46. The fourth-order valence-corrected chi connectivity index (χ4v) is 2.96. The van der Waals surface area contributed by atoms with E-state index in [9.17, 15) is 0 Å². The molecule has 0 aromatic carbocycles. The number of aromatic nitrogens is 1. The van der Waals surface area contributed by atoms with Gasteiger partial charge in [0.05, 0.1) is 6.61 Å². The average molecular weight is 472 g/mol. The molecule has 3 rings (SSSR count). The van der Waals surface area contributed by atoms with E-state index in [1.54, 1.807) is 18.4 Å². The van der Waals surface area contributed by atoms with E-state index in [-0.39, 0.29) is 24.0 Å². The number of guanidine groups is 1. The molecule has 0 amide bonds. The van der Waals surface area contributed by atoms with Crippen LogP contribution in [0.1, 0.15) is 23.3 Å². The molecule has 2 heterocycles. The Morgan fingerprint density at radius 2 is 2.20 bits per heavy atom. The first-order valence-corrected chi connectivity index (χ1v) is 9.26. The number of thiophene rings is 1. The molecule has 0 spiro atoms. The topological polar surface area (TPSA) is 58.5 Å². The Morgan fingerprint density at radius 1 is 1.32 bits per heavy atom. The number of rotatable bonds is 8. The lowest BCUT2D eigenvalue weighted by molar-refractivity contribution is 0.288. The Hall–Kier alpha value is -1.35. The second kappa shape index (κ2) is 10.6. The van der Waals surface area contributed by atoms with Gasteiger partial charge in [0.1, 0.15) is 0 Å². The van der Waals surface area contributed by atoms with Gasteiger partial charge in [0.2, 0.25) is 5.88 Å². The zero-order chi connectivity index (χ0) is 16.6. The summed E-state index contributed by atoms with van der Waals surface area (Å²) in [6.07, 6.45) is 5.45. The summed E-state index contributed by atoms with van der Waals surface area (Å²) in [6, 6.07) is 8.21. The van der Waals surface area contributed by atoms with Crippen molar-refractivity contribution in [2.24, 2.45) is 10.9 Å². The molecule has 1 aliphatic rings. The van der Waals surface area contributed by atoms with Crippen molar-refractivity contribution in [3.8, 4) is 5.88 Å². The van der Waals surface area contributed by atoms with E-state index in [0.29, 0.717) is 12.4 Å². The number of hydrogen-bond acceptors (Lipinski definition) is 4. The molecule has 5 nitrogen and oxygen atoms in total. The van der Waals surface area contributed by atoms with Crippen molar-refractivity contribution in [3.05, 3.63) is 46.3 Å². The molecule has 0 radical (unpaired) electrons. The Bertz CT molecular complexity index is 642. The molecule has 0 aliphatic heterocycles. The predicted molar refractivity (Wildman–Crippen MR) is 114 cm³/mol. The molecular weight excluding hydrogens is 447 g/mol. The number of hydrogen-bond donors (Lipinski definition) is 2. The molecule has 2 aromatic rings. The Morgan fingerprint density at radius 3 is 2.84 bits per heavy atom. The maximum atomic E-state index is 5.65. The van der Waals surface area contributed by atoms with Crippen LogP contribution in [0, 0.1) is 5.92 Å². The molecule has 1 fully saturated rings. The monoisotopic (exact) mass is 472 g/mol. The van der Waals surface area contributed by atoms with Crippen LogP contribution >= 0.6 is 35.3 Å². The van der Waals surface area contributed by atoms with Gasteiger partial charge in [-0.25, -0.2) is 4.98 Å². The number of pyridine rings is 1. The van der Waals surface area contributed by atoms with Crippen molar-refractivity contribution >= 4 is 41.3 Å². The van der Waals surface area contributed by atoms with Crippen LogP contribution < -0.4 is 15.4 Å². The summed E-state index contributed by atoms with van der Waals surface area (Å²) in [5, 5.41) is 8.74. The van der Waals surface area contributed by atoms with Gasteiger partial charge in [-0.05, 0) is 42.2 Å². The number of ether oxygens (including phenoxy) is 1. The summed E-state index contributed by atoms with van der Waals surface area (Å²) in [5.74, 6) is 2.27. The van der Waals surface area contributed by atoms with Gasteiger partial charge in [-0.15, -0.1) is 35.3 Å². The van der Waals surface area contributed by atoms with E-state index in [1.807, 2.05) is 18.3 Å². The molecule has 136 valence electrons. The van der Waals surface area contributed by atoms with Crippen LogP contribution in [0.15, 0.2) is 40.8 Å². The molecule has 1 aliphatic carbocycles. The zero-order valence-corrected chi connectivity index (χ0v) is 17.6. The first-order chi connectivity index (χ1) is 11.8. The maximum Gasteiger partial charge on any atom is 0.213 e. The van der Waals surface area contributed by atoms with Gasteiger partial charge in [-0.3, -0.25) is 4.99 Å². The quantitative estimate of drug-likeness (QED) is 0.351. The summed E-state index contributed by atoms with van der Waals surface area (Å²) in [5.41, 5.74) is 1.11. The number of nitrogens with one attached hydrogen (secondary N) is 2.